The zero-order chi connectivity index (χ0) is 10.1. The number of fused-ring (bicyclic) bond motifs is 1. The van der Waals surface area contributed by atoms with E-state index >= 15 is 0 Å². The molecule has 1 aliphatic rings. The second kappa shape index (κ2) is 3.88. The molecule has 0 radical (unpaired) electrons. The summed E-state index contributed by atoms with van der Waals surface area (Å²) in [5, 5.41) is 2.92. The molecule has 0 saturated carbocycles. The number of rotatable bonds is 1. The number of benzene rings is 1. The monoisotopic (exact) mass is 301 g/mol. The van der Waals surface area contributed by atoms with Gasteiger partial charge in [-0.3, -0.25) is 4.79 Å². The van der Waals surface area contributed by atoms with Gasteiger partial charge in [0.2, 0.25) is 5.91 Å². The highest BCUT2D eigenvalue weighted by atomic mass is 127. The van der Waals surface area contributed by atoms with Crippen LogP contribution in [0.1, 0.15) is 24.5 Å². The summed E-state index contributed by atoms with van der Waals surface area (Å²) in [6.07, 6.45) is 2.51. The molecule has 2 rings (SSSR count). The van der Waals surface area contributed by atoms with E-state index in [0.29, 0.717) is 6.42 Å². The minimum Gasteiger partial charge on any atom is -0.326 e. The standard InChI is InChI=1S/C11H12INO/c1-2-7-6-10-8(5-9(7)12)3-4-11(14)13-10/h5-6H,2-4H2,1H3,(H,13,14). The molecule has 14 heavy (non-hydrogen) atoms. The molecule has 0 spiro atoms. The smallest absolute Gasteiger partial charge is 0.224 e. The van der Waals surface area contributed by atoms with E-state index in [2.05, 4.69) is 47.0 Å². The summed E-state index contributed by atoms with van der Waals surface area (Å²) in [5.41, 5.74) is 3.59. The summed E-state index contributed by atoms with van der Waals surface area (Å²) in [6, 6.07) is 4.29. The van der Waals surface area contributed by atoms with Crippen molar-refractivity contribution in [2.24, 2.45) is 0 Å². The van der Waals surface area contributed by atoms with Gasteiger partial charge in [-0.2, -0.15) is 0 Å². The Morgan fingerprint density at radius 2 is 2.21 bits per heavy atom. The Morgan fingerprint density at radius 1 is 1.43 bits per heavy atom. The second-order valence-corrected chi connectivity index (χ2v) is 4.66. The first-order chi connectivity index (χ1) is 6.70. The molecule has 1 heterocycles. The molecule has 1 N–H and O–H groups in total. The van der Waals surface area contributed by atoms with Crippen LogP contribution in [-0.4, -0.2) is 5.91 Å². The highest BCUT2D eigenvalue weighted by Crippen LogP contribution is 2.27. The van der Waals surface area contributed by atoms with Crippen LogP contribution in [0.2, 0.25) is 0 Å². The number of amides is 1. The lowest BCUT2D eigenvalue weighted by atomic mass is 10.00. The Balaban J connectivity index is 2.46. The molecule has 0 fully saturated rings. The summed E-state index contributed by atoms with van der Waals surface area (Å²) in [5.74, 6) is 0.140. The Kier molecular flexibility index (Phi) is 2.76. The lowest BCUT2D eigenvalue weighted by Gasteiger charge is -2.18. The number of hydrogen-bond acceptors (Lipinski definition) is 1. The van der Waals surface area contributed by atoms with Crippen LogP contribution >= 0.6 is 22.6 Å². The van der Waals surface area contributed by atoms with Crippen LogP contribution in [0.15, 0.2) is 12.1 Å². The van der Waals surface area contributed by atoms with Crippen molar-refractivity contribution in [3.05, 3.63) is 26.8 Å². The molecule has 1 aromatic carbocycles. The van der Waals surface area contributed by atoms with Crippen LogP contribution in [-0.2, 0) is 17.6 Å². The maximum atomic E-state index is 11.2. The number of halogens is 1. The van der Waals surface area contributed by atoms with Crippen molar-refractivity contribution in [3.8, 4) is 0 Å². The van der Waals surface area contributed by atoms with Gasteiger partial charge in [-0.25, -0.2) is 0 Å². The SMILES string of the molecule is CCc1cc2c(cc1I)CCC(=O)N2. The number of hydrogen-bond donors (Lipinski definition) is 1. The third-order valence-corrected chi connectivity index (χ3v) is 3.55. The lowest BCUT2D eigenvalue weighted by molar-refractivity contribution is -0.116. The Hall–Kier alpha value is -0.580. The predicted octanol–water partition coefficient (Wildman–Crippen LogP) is 2.74. The highest BCUT2D eigenvalue weighted by Gasteiger charge is 2.15. The molecule has 74 valence electrons. The summed E-state index contributed by atoms with van der Waals surface area (Å²) in [7, 11) is 0. The fourth-order valence-corrected chi connectivity index (χ4v) is 2.63. The van der Waals surface area contributed by atoms with E-state index in [0.717, 1.165) is 18.5 Å². The molecule has 0 bridgehead atoms. The zero-order valence-electron chi connectivity index (χ0n) is 8.06. The predicted molar refractivity (Wildman–Crippen MR) is 65.5 cm³/mol. The number of carbonyl (C=O) groups excluding carboxylic acids is 1. The van der Waals surface area contributed by atoms with Crippen molar-refractivity contribution in [1.82, 2.24) is 0 Å². The highest BCUT2D eigenvalue weighted by molar-refractivity contribution is 14.1. The first kappa shape index (κ1) is 9.96. The topological polar surface area (TPSA) is 29.1 Å². The van der Waals surface area contributed by atoms with Gasteiger partial charge in [-0.1, -0.05) is 6.92 Å². The Bertz CT molecular complexity index is 387. The van der Waals surface area contributed by atoms with E-state index in [-0.39, 0.29) is 5.91 Å². The fourth-order valence-electron chi connectivity index (χ4n) is 1.71. The zero-order valence-corrected chi connectivity index (χ0v) is 10.2. The molecule has 0 aliphatic carbocycles. The first-order valence-corrected chi connectivity index (χ1v) is 5.89. The first-order valence-electron chi connectivity index (χ1n) is 4.82. The van der Waals surface area contributed by atoms with Crippen molar-refractivity contribution >= 4 is 34.2 Å². The van der Waals surface area contributed by atoms with Gasteiger partial charge < -0.3 is 5.32 Å². The molecule has 1 aromatic rings. The van der Waals surface area contributed by atoms with Crippen molar-refractivity contribution < 1.29 is 4.79 Å². The third kappa shape index (κ3) is 1.78. The molecule has 2 nitrogen and oxygen atoms in total. The van der Waals surface area contributed by atoms with Crippen molar-refractivity contribution in [2.45, 2.75) is 26.2 Å². The van der Waals surface area contributed by atoms with Gasteiger partial charge >= 0.3 is 0 Å². The largest absolute Gasteiger partial charge is 0.326 e. The van der Waals surface area contributed by atoms with Gasteiger partial charge in [-0.05, 0) is 58.7 Å². The van der Waals surface area contributed by atoms with Gasteiger partial charge in [0.1, 0.15) is 0 Å². The van der Waals surface area contributed by atoms with Crippen molar-refractivity contribution in [2.75, 3.05) is 5.32 Å². The van der Waals surface area contributed by atoms with Gasteiger partial charge in [0.25, 0.3) is 0 Å². The van der Waals surface area contributed by atoms with E-state index in [4.69, 9.17) is 0 Å². The molecule has 0 unspecified atom stereocenters. The maximum Gasteiger partial charge on any atom is 0.224 e. The number of anilines is 1. The van der Waals surface area contributed by atoms with Crippen molar-refractivity contribution in [3.63, 3.8) is 0 Å². The third-order valence-electron chi connectivity index (χ3n) is 2.55. The van der Waals surface area contributed by atoms with Crippen LogP contribution in [0, 0.1) is 3.57 Å². The van der Waals surface area contributed by atoms with Crippen molar-refractivity contribution in [1.29, 1.82) is 0 Å². The molecular weight excluding hydrogens is 289 g/mol. The second-order valence-electron chi connectivity index (χ2n) is 3.50. The minimum atomic E-state index is 0.140. The van der Waals surface area contributed by atoms with E-state index in [9.17, 15) is 4.79 Å². The van der Waals surface area contributed by atoms with Gasteiger partial charge in [-0.15, -0.1) is 0 Å². The van der Waals surface area contributed by atoms with Gasteiger partial charge in [0.15, 0.2) is 0 Å². The van der Waals surface area contributed by atoms with Gasteiger partial charge in [0, 0.05) is 15.7 Å². The van der Waals surface area contributed by atoms with E-state index in [1.165, 1.54) is 14.7 Å². The maximum absolute atomic E-state index is 11.2. The Labute approximate surface area is 97.2 Å². The summed E-state index contributed by atoms with van der Waals surface area (Å²) < 4.78 is 1.31. The molecule has 0 atom stereocenters. The van der Waals surface area contributed by atoms with Crippen LogP contribution in [0.5, 0.6) is 0 Å². The normalized spacial score (nSPS) is 14.9. The summed E-state index contributed by atoms with van der Waals surface area (Å²) in [6.45, 7) is 2.13. The van der Waals surface area contributed by atoms with Crippen LogP contribution < -0.4 is 5.32 Å². The summed E-state index contributed by atoms with van der Waals surface area (Å²) >= 11 is 2.36. The minimum absolute atomic E-state index is 0.140. The molecule has 1 aliphatic heterocycles. The van der Waals surface area contributed by atoms with Gasteiger partial charge in [0.05, 0.1) is 0 Å². The van der Waals surface area contributed by atoms with Crippen LogP contribution in [0.3, 0.4) is 0 Å². The number of aryl methyl sites for hydroxylation is 2. The average molecular weight is 301 g/mol. The molecule has 0 aromatic heterocycles. The molecular formula is C11H12INO. The van der Waals surface area contributed by atoms with Crippen LogP contribution in [0.4, 0.5) is 5.69 Å². The molecule has 1 amide bonds. The summed E-state index contributed by atoms with van der Waals surface area (Å²) in [4.78, 5) is 11.2. The van der Waals surface area contributed by atoms with E-state index in [1.54, 1.807) is 0 Å². The number of carbonyl (C=O) groups is 1. The Morgan fingerprint density at radius 3 is 2.93 bits per heavy atom. The van der Waals surface area contributed by atoms with E-state index in [1.807, 2.05) is 0 Å². The van der Waals surface area contributed by atoms with Crippen LogP contribution in [0.25, 0.3) is 0 Å². The molecule has 0 saturated heterocycles. The number of nitrogens with one attached hydrogen (secondary N) is 1. The average Bonchev–Trinajstić information content (AvgIpc) is 2.17. The van der Waals surface area contributed by atoms with E-state index < -0.39 is 0 Å². The lowest BCUT2D eigenvalue weighted by Crippen LogP contribution is -2.19. The quantitative estimate of drug-likeness (QED) is 0.794. The molecule has 3 heteroatoms. The fraction of sp³-hybridized carbons (Fsp3) is 0.364.